The molecule has 1 atom stereocenters. The number of hydrogen-bond acceptors (Lipinski definition) is 5. The predicted molar refractivity (Wildman–Crippen MR) is 53.5 cm³/mol. The maximum absolute atomic E-state index is 5.77. The molecular weight excluding hydrogens is 186 g/mol. The Morgan fingerprint density at radius 1 is 1.54 bits per heavy atom. The van der Waals surface area contributed by atoms with Crippen molar-refractivity contribution in [1.82, 2.24) is 10.3 Å². The molecule has 0 spiro atoms. The predicted octanol–water partition coefficient (Wildman–Crippen LogP) is 1.35. The Labute approximate surface area is 82.2 Å². The van der Waals surface area contributed by atoms with E-state index in [4.69, 9.17) is 5.73 Å². The van der Waals surface area contributed by atoms with E-state index in [2.05, 4.69) is 21.9 Å². The Hall–Kier alpha value is -0.550. The van der Waals surface area contributed by atoms with E-state index in [1.54, 1.807) is 11.8 Å². The third-order valence-corrected chi connectivity index (χ3v) is 2.98. The number of rotatable bonds is 5. The van der Waals surface area contributed by atoms with Gasteiger partial charge in [0.25, 0.3) is 0 Å². The van der Waals surface area contributed by atoms with Crippen molar-refractivity contribution in [3.63, 3.8) is 0 Å². The lowest BCUT2D eigenvalue weighted by Gasteiger charge is -2.06. The van der Waals surface area contributed by atoms with Gasteiger partial charge in [0.05, 0.1) is 0 Å². The second kappa shape index (κ2) is 5.24. The van der Waals surface area contributed by atoms with Gasteiger partial charge in [0.2, 0.25) is 0 Å². The molecule has 0 bridgehead atoms. The molecule has 0 radical (unpaired) electrons. The van der Waals surface area contributed by atoms with Gasteiger partial charge in [0.1, 0.15) is 11.4 Å². The largest absolute Gasteiger partial charge is 0.327 e. The van der Waals surface area contributed by atoms with Crippen LogP contribution in [0.5, 0.6) is 0 Å². The molecule has 0 aliphatic carbocycles. The molecule has 1 aromatic heterocycles. The lowest BCUT2D eigenvalue weighted by Crippen LogP contribution is -2.21. The first-order chi connectivity index (χ1) is 6.24. The summed E-state index contributed by atoms with van der Waals surface area (Å²) in [7, 11) is 0. The molecule has 4 nitrogen and oxygen atoms in total. The number of thioether (sulfide) groups is 1. The summed E-state index contributed by atoms with van der Waals surface area (Å²) in [6.07, 6.45) is 1.02. The van der Waals surface area contributed by atoms with E-state index in [9.17, 15) is 0 Å². The summed E-state index contributed by atoms with van der Waals surface area (Å²) in [4.78, 5) is 0. The molecule has 0 aliphatic rings. The minimum Gasteiger partial charge on any atom is -0.327 e. The van der Waals surface area contributed by atoms with Crippen molar-refractivity contribution in [2.45, 2.75) is 32.1 Å². The van der Waals surface area contributed by atoms with Gasteiger partial charge in [-0.15, -0.1) is 0 Å². The van der Waals surface area contributed by atoms with Crippen LogP contribution in [0.15, 0.2) is 4.63 Å². The topological polar surface area (TPSA) is 64.9 Å². The first-order valence-electron chi connectivity index (χ1n) is 4.35. The highest BCUT2D eigenvalue weighted by Gasteiger charge is 2.05. The van der Waals surface area contributed by atoms with E-state index in [0.717, 1.165) is 29.3 Å². The first-order valence-corrected chi connectivity index (χ1v) is 5.50. The molecule has 0 amide bonds. The van der Waals surface area contributed by atoms with E-state index < -0.39 is 0 Å². The Kier molecular flexibility index (Phi) is 4.24. The quantitative estimate of drug-likeness (QED) is 0.779. The minimum absolute atomic E-state index is 0.283. The number of aromatic nitrogens is 2. The van der Waals surface area contributed by atoms with Gasteiger partial charge in [-0.3, -0.25) is 0 Å². The van der Waals surface area contributed by atoms with Gasteiger partial charge in [-0.2, -0.15) is 11.8 Å². The molecule has 1 rings (SSSR count). The zero-order valence-electron chi connectivity index (χ0n) is 7.99. The molecule has 0 saturated carbocycles. The van der Waals surface area contributed by atoms with Crippen LogP contribution in [-0.2, 0) is 5.75 Å². The standard InChI is InChI=1S/C8H15N3OS/c1-3-7(9)4-13-5-8-6(2)10-12-11-8/h7H,3-5,9H2,1-2H3. The molecule has 1 heterocycles. The van der Waals surface area contributed by atoms with E-state index in [-0.39, 0.29) is 6.04 Å². The normalized spacial score (nSPS) is 13.2. The molecule has 1 aromatic rings. The average Bonchev–Trinajstić information content (AvgIpc) is 2.52. The van der Waals surface area contributed by atoms with Crippen molar-refractivity contribution in [1.29, 1.82) is 0 Å². The highest BCUT2D eigenvalue weighted by molar-refractivity contribution is 7.98. The van der Waals surface area contributed by atoms with Crippen LogP contribution in [0.1, 0.15) is 24.7 Å². The molecule has 0 fully saturated rings. The van der Waals surface area contributed by atoms with Crippen LogP contribution in [0.3, 0.4) is 0 Å². The molecule has 2 N–H and O–H groups in total. The smallest absolute Gasteiger partial charge is 0.117 e. The van der Waals surface area contributed by atoms with Gasteiger partial charge in [-0.05, 0) is 13.3 Å². The van der Waals surface area contributed by atoms with Gasteiger partial charge in [0.15, 0.2) is 0 Å². The monoisotopic (exact) mass is 201 g/mol. The number of nitrogens with two attached hydrogens (primary N) is 1. The van der Waals surface area contributed by atoms with E-state index >= 15 is 0 Å². The molecule has 13 heavy (non-hydrogen) atoms. The van der Waals surface area contributed by atoms with Crippen molar-refractivity contribution in [3.8, 4) is 0 Å². The lowest BCUT2D eigenvalue weighted by molar-refractivity contribution is 0.302. The lowest BCUT2D eigenvalue weighted by atomic mass is 10.3. The first kappa shape index (κ1) is 10.5. The van der Waals surface area contributed by atoms with Crippen molar-refractivity contribution in [2.75, 3.05) is 5.75 Å². The summed E-state index contributed by atoms with van der Waals surface area (Å²) in [6, 6.07) is 0.283. The average molecular weight is 201 g/mol. The van der Waals surface area contributed by atoms with Gasteiger partial charge in [0, 0.05) is 17.5 Å². The van der Waals surface area contributed by atoms with Crippen LogP contribution in [-0.4, -0.2) is 22.1 Å². The molecule has 0 aliphatic heterocycles. The Balaban J connectivity index is 2.24. The fourth-order valence-electron chi connectivity index (χ4n) is 0.805. The summed E-state index contributed by atoms with van der Waals surface area (Å²) >= 11 is 1.77. The molecular formula is C8H15N3OS. The summed E-state index contributed by atoms with van der Waals surface area (Å²) in [5.74, 6) is 1.80. The summed E-state index contributed by atoms with van der Waals surface area (Å²) in [5, 5.41) is 7.49. The Bertz CT molecular complexity index is 251. The van der Waals surface area contributed by atoms with Crippen LogP contribution in [0.4, 0.5) is 0 Å². The van der Waals surface area contributed by atoms with Crippen LogP contribution in [0.2, 0.25) is 0 Å². The van der Waals surface area contributed by atoms with Gasteiger partial charge < -0.3 is 5.73 Å². The second-order valence-electron chi connectivity index (χ2n) is 2.98. The highest BCUT2D eigenvalue weighted by Crippen LogP contribution is 2.13. The van der Waals surface area contributed by atoms with Crippen molar-refractivity contribution in [3.05, 3.63) is 11.4 Å². The summed E-state index contributed by atoms with van der Waals surface area (Å²) in [5.41, 5.74) is 7.57. The van der Waals surface area contributed by atoms with Crippen molar-refractivity contribution in [2.24, 2.45) is 5.73 Å². The van der Waals surface area contributed by atoms with Crippen molar-refractivity contribution < 1.29 is 4.63 Å². The summed E-state index contributed by atoms with van der Waals surface area (Å²) < 4.78 is 4.58. The molecule has 0 aromatic carbocycles. The summed E-state index contributed by atoms with van der Waals surface area (Å²) in [6.45, 7) is 3.99. The third-order valence-electron chi connectivity index (χ3n) is 1.84. The third kappa shape index (κ3) is 3.36. The van der Waals surface area contributed by atoms with Crippen LogP contribution in [0.25, 0.3) is 0 Å². The Morgan fingerprint density at radius 3 is 2.85 bits per heavy atom. The Morgan fingerprint density at radius 2 is 2.31 bits per heavy atom. The van der Waals surface area contributed by atoms with Crippen LogP contribution in [0, 0.1) is 6.92 Å². The van der Waals surface area contributed by atoms with Crippen LogP contribution < -0.4 is 5.73 Å². The molecule has 0 saturated heterocycles. The number of nitrogens with zero attached hydrogens (tertiary/aromatic N) is 2. The SMILES string of the molecule is CCC(N)CSCc1nonc1C. The molecule has 74 valence electrons. The minimum atomic E-state index is 0.283. The van der Waals surface area contributed by atoms with Gasteiger partial charge >= 0.3 is 0 Å². The number of hydrogen-bond donors (Lipinski definition) is 1. The molecule has 1 unspecified atom stereocenters. The van der Waals surface area contributed by atoms with Gasteiger partial charge in [-0.25, -0.2) is 4.63 Å². The highest BCUT2D eigenvalue weighted by atomic mass is 32.2. The van der Waals surface area contributed by atoms with Gasteiger partial charge in [-0.1, -0.05) is 17.2 Å². The van der Waals surface area contributed by atoms with E-state index in [1.165, 1.54) is 0 Å². The van der Waals surface area contributed by atoms with E-state index in [0.29, 0.717) is 0 Å². The van der Waals surface area contributed by atoms with Crippen LogP contribution >= 0.6 is 11.8 Å². The zero-order valence-corrected chi connectivity index (χ0v) is 8.80. The van der Waals surface area contributed by atoms with E-state index in [1.807, 2.05) is 6.92 Å². The fraction of sp³-hybridized carbons (Fsp3) is 0.750. The second-order valence-corrected chi connectivity index (χ2v) is 4.01. The maximum atomic E-state index is 5.77. The number of aryl methyl sites for hydroxylation is 1. The fourth-order valence-corrected chi connectivity index (χ4v) is 1.92. The zero-order chi connectivity index (χ0) is 9.68. The maximum Gasteiger partial charge on any atom is 0.117 e. The molecule has 5 heteroatoms. The van der Waals surface area contributed by atoms with Crippen molar-refractivity contribution >= 4 is 11.8 Å².